The molecule has 2 aromatic rings. The van der Waals surface area contributed by atoms with Gasteiger partial charge in [-0.3, -0.25) is 4.79 Å². The van der Waals surface area contributed by atoms with Gasteiger partial charge in [-0.15, -0.1) is 0 Å². The van der Waals surface area contributed by atoms with E-state index < -0.39 is 6.10 Å². The van der Waals surface area contributed by atoms with Gasteiger partial charge in [0.1, 0.15) is 11.9 Å². The first kappa shape index (κ1) is 13.3. The highest BCUT2D eigenvalue weighted by molar-refractivity contribution is 5.85. The number of phenolic OH excluding ortho intramolecular Hbond substituents is 1. The van der Waals surface area contributed by atoms with Gasteiger partial charge in [-0.05, 0) is 23.3 Å². The third kappa shape index (κ3) is 3.93. The van der Waals surface area contributed by atoms with E-state index in [2.05, 4.69) is 0 Å². The van der Waals surface area contributed by atoms with Gasteiger partial charge in [0.2, 0.25) is 0 Å². The lowest BCUT2D eigenvalue weighted by molar-refractivity contribution is -0.126. The SMILES string of the molecule is O=C(Cc1ccc(O)cc1)C(O)Cc1ccccc1. The van der Waals surface area contributed by atoms with Crippen molar-refractivity contribution in [2.75, 3.05) is 0 Å². The molecule has 0 saturated carbocycles. The van der Waals surface area contributed by atoms with Gasteiger partial charge in [0, 0.05) is 12.8 Å². The van der Waals surface area contributed by atoms with Crippen LogP contribution < -0.4 is 0 Å². The Morgan fingerprint density at radius 1 is 0.947 bits per heavy atom. The topological polar surface area (TPSA) is 57.5 Å². The van der Waals surface area contributed by atoms with E-state index in [-0.39, 0.29) is 18.0 Å². The largest absolute Gasteiger partial charge is 0.508 e. The van der Waals surface area contributed by atoms with Crippen molar-refractivity contribution >= 4 is 5.78 Å². The highest BCUT2D eigenvalue weighted by atomic mass is 16.3. The number of hydrogen-bond donors (Lipinski definition) is 2. The Labute approximate surface area is 112 Å². The zero-order valence-electron chi connectivity index (χ0n) is 10.5. The molecule has 0 aliphatic heterocycles. The van der Waals surface area contributed by atoms with E-state index in [1.54, 1.807) is 12.1 Å². The molecule has 2 aromatic carbocycles. The van der Waals surface area contributed by atoms with Gasteiger partial charge in [0.05, 0.1) is 0 Å². The van der Waals surface area contributed by atoms with Crippen molar-refractivity contribution < 1.29 is 15.0 Å². The molecule has 0 aromatic heterocycles. The Bertz CT molecular complexity index is 532. The van der Waals surface area contributed by atoms with Crippen molar-refractivity contribution in [1.29, 1.82) is 0 Å². The number of hydrogen-bond acceptors (Lipinski definition) is 3. The summed E-state index contributed by atoms with van der Waals surface area (Å²) in [6.45, 7) is 0. The van der Waals surface area contributed by atoms with Crippen molar-refractivity contribution in [3.05, 3.63) is 65.7 Å². The molecule has 0 aliphatic rings. The number of carbonyl (C=O) groups excluding carboxylic acids is 1. The summed E-state index contributed by atoms with van der Waals surface area (Å²) in [5.41, 5.74) is 1.73. The Kier molecular flexibility index (Phi) is 4.31. The molecule has 0 aliphatic carbocycles. The van der Waals surface area contributed by atoms with Gasteiger partial charge in [0.25, 0.3) is 0 Å². The standard InChI is InChI=1S/C16H16O3/c17-14-8-6-13(7-9-14)11-16(19)15(18)10-12-4-2-1-3-5-12/h1-9,15,17-18H,10-11H2. The summed E-state index contributed by atoms with van der Waals surface area (Å²) in [6.07, 6.45) is -0.484. The van der Waals surface area contributed by atoms with Crippen molar-refractivity contribution in [1.82, 2.24) is 0 Å². The molecular weight excluding hydrogens is 240 g/mol. The molecule has 2 N–H and O–H groups in total. The van der Waals surface area contributed by atoms with Gasteiger partial charge in [-0.2, -0.15) is 0 Å². The molecule has 1 unspecified atom stereocenters. The normalized spacial score (nSPS) is 12.1. The van der Waals surface area contributed by atoms with E-state index in [0.29, 0.717) is 6.42 Å². The maximum atomic E-state index is 11.9. The summed E-state index contributed by atoms with van der Waals surface area (Å²) >= 11 is 0. The predicted molar refractivity (Wildman–Crippen MR) is 73.0 cm³/mol. The lowest BCUT2D eigenvalue weighted by atomic mass is 10.00. The molecule has 98 valence electrons. The van der Waals surface area contributed by atoms with Crippen molar-refractivity contribution in [3.8, 4) is 5.75 Å². The van der Waals surface area contributed by atoms with Crippen LogP contribution in [0.1, 0.15) is 11.1 Å². The fraction of sp³-hybridized carbons (Fsp3) is 0.188. The molecule has 1 atom stereocenters. The predicted octanol–water partition coefficient (Wildman–Crippen LogP) is 2.11. The van der Waals surface area contributed by atoms with Crippen LogP contribution in [0.4, 0.5) is 0 Å². The maximum Gasteiger partial charge on any atom is 0.165 e. The summed E-state index contributed by atoms with van der Waals surface area (Å²) in [5.74, 6) is -0.0458. The van der Waals surface area contributed by atoms with E-state index in [4.69, 9.17) is 5.11 Å². The van der Waals surface area contributed by atoms with Gasteiger partial charge < -0.3 is 10.2 Å². The molecular formula is C16H16O3. The van der Waals surface area contributed by atoms with E-state index in [9.17, 15) is 9.90 Å². The summed E-state index contributed by atoms with van der Waals surface area (Å²) in [6, 6.07) is 15.9. The number of aromatic hydroxyl groups is 1. The van der Waals surface area contributed by atoms with Crippen LogP contribution in [0.15, 0.2) is 54.6 Å². The lowest BCUT2D eigenvalue weighted by Crippen LogP contribution is -2.24. The second-order valence-corrected chi connectivity index (χ2v) is 4.52. The fourth-order valence-electron chi connectivity index (χ4n) is 1.88. The second kappa shape index (κ2) is 6.16. The summed E-state index contributed by atoms with van der Waals surface area (Å²) < 4.78 is 0. The third-order valence-corrected chi connectivity index (χ3v) is 2.96. The first-order chi connectivity index (χ1) is 9.15. The third-order valence-electron chi connectivity index (χ3n) is 2.96. The van der Waals surface area contributed by atoms with E-state index in [0.717, 1.165) is 11.1 Å². The number of Topliss-reactive ketones (excluding diaryl/α,β-unsaturated/α-hetero) is 1. The van der Waals surface area contributed by atoms with Crippen LogP contribution in [-0.2, 0) is 17.6 Å². The number of rotatable bonds is 5. The van der Waals surface area contributed by atoms with Crippen LogP contribution in [0.3, 0.4) is 0 Å². The van der Waals surface area contributed by atoms with Gasteiger partial charge >= 0.3 is 0 Å². The molecule has 0 saturated heterocycles. The quantitative estimate of drug-likeness (QED) is 0.861. The average molecular weight is 256 g/mol. The number of aliphatic hydroxyl groups excluding tert-OH is 1. The zero-order chi connectivity index (χ0) is 13.7. The van der Waals surface area contributed by atoms with Crippen LogP contribution in [0.5, 0.6) is 5.75 Å². The number of aliphatic hydroxyl groups is 1. The Morgan fingerprint density at radius 2 is 1.58 bits per heavy atom. The molecule has 2 rings (SSSR count). The molecule has 0 bridgehead atoms. The van der Waals surface area contributed by atoms with Crippen LogP contribution in [-0.4, -0.2) is 22.1 Å². The average Bonchev–Trinajstić information content (AvgIpc) is 2.42. The molecule has 19 heavy (non-hydrogen) atoms. The highest BCUT2D eigenvalue weighted by Crippen LogP contribution is 2.12. The van der Waals surface area contributed by atoms with Crippen molar-refractivity contribution in [3.63, 3.8) is 0 Å². The lowest BCUT2D eigenvalue weighted by Gasteiger charge is -2.09. The number of phenols is 1. The maximum absolute atomic E-state index is 11.9. The van der Waals surface area contributed by atoms with E-state index in [1.165, 1.54) is 12.1 Å². The summed E-state index contributed by atoms with van der Waals surface area (Å²) in [5, 5.41) is 19.0. The molecule has 0 heterocycles. The molecule has 3 heteroatoms. The van der Waals surface area contributed by atoms with Crippen LogP contribution in [0.25, 0.3) is 0 Å². The first-order valence-corrected chi connectivity index (χ1v) is 6.18. The molecule has 0 spiro atoms. The summed E-state index contributed by atoms with van der Waals surface area (Å²) in [4.78, 5) is 11.9. The minimum atomic E-state index is -0.990. The van der Waals surface area contributed by atoms with Crippen LogP contribution in [0, 0.1) is 0 Å². The minimum Gasteiger partial charge on any atom is -0.508 e. The van der Waals surface area contributed by atoms with Crippen LogP contribution >= 0.6 is 0 Å². The monoisotopic (exact) mass is 256 g/mol. The zero-order valence-corrected chi connectivity index (χ0v) is 10.5. The van der Waals surface area contributed by atoms with Crippen molar-refractivity contribution in [2.24, 2.45) is 0 Å². The van der Waals surface area contributed by atoms with Gasteiger partial charge in [-0.25, -0.2) is 0 Å². The second-order valence-electron chi connectivity index (χ2n) is 4.52. The van der Waals surface area contributed by atoms with Crippen molar-refractivity contribution in [2.45, 2.75) is 18.9 Å². The number of ketones is 1. The Morgan fingerprint density at radius 3 is 2.21 bits per heavy atom. The first-order valence-electron chi connectivity index (χ1n) is 6.18. The number of carbonyl (C=O) groups is 1. The van der Waals surface area contributed by atoms with E-state index in [1.807, 2.05) is 30.3 Å². The Hall–Kier alpha value is -2.13. The fourth-order valence-corrected chi connectivity index (χ4v) is 1.88. The Balaban J connectivity index is 1.94. The van der Waals surface area contributed by atoms with Gasteiger partial charge in [-0.1, -0.05) is 42.5 Å². The summed E-state index contributed by atoms with van der Waals surface area (Å²) in [7, 11) is 0. The molecule has 3 nitrogen and oxygen atoms in total. The minimum absolute atomic E-state index is 0.168. The highest BCUT2D eigenvalue weighted by Gasteiger charge is 2.15. The van der Waals surface area contributed by atoms with Crippen LogP contribution in [0.2, 0.25) is 0 Å². The molecule has 0 fully saturated rings. The number of benzene rings is 2. The molecule has 0 amide bonds. The smallest absolute Gasteiger partial charge is 0.165 e. The van der Waals surface area contributed by atoms with Gasteiger partial charge in [0.15, 0.2) is 5.78 Å². The molecule has 0 radical (unpaired) electrons. The van der Waals surface area contributed by atoms with E-state index >= 15 is 0 Å².